The summed E-state index contributed by atoms with van der Waals surface area (Å²) in [6, 6.07) is 2.46. The summed E-state index contributed by atoms with van der Waals surface area (Å²) in [7, 11) is 0. The van der Waals surface area contributed by atoms with Gasteiger partial charge in [0.2, 0.25) is 5.88 Å². The van der Waals surface area contributed by atoms with Crippen molar-refractivity contribution >= 4 is 23.2 Å². The molecule has 1 saturated heterocycles. The molecule has 216 valence electrons. The second kappa shape index (κ2) is 12.1. The Balaban J connectivity index is 1.66. The lowest BCUT2D eigenvalue weighted by Crippen LogP contribution is -2.28. The van der Waals surface area contributed by atoms with Crippen LogP contribution in [0.15, 0.2) is 39.1 Å². The van der Waals surface area contributed by atoms with E-state index < -0.39 is 23.7 Å². The average Bonchev–Trinajstić information content (AvgIpc) is 3.62. The first-order valence-electron chi connectivity index (χ1n) is 12.6. The molecule has 3 N–H and O–H groups in total. The van der Waals surface area contributed by atoms with Crippen LogP contribution in [0, 0.1) is 5.92 Å². The maximum atomic E-state index is 13.5. The second-order valence-electron chi connectivity index (χ2n) is 9.00. The number of urea groups is 1. The second-order valence-corrected chi connectivity index (χ2v) is 9.86. The van der Waals surface area contributed by atoms with E-state index in [9.17, 15) is 22.8 Å². The summed E-state index contributed by atoms with van der Waals surface area (Å²) in [6.07, 6.45) is -0.267. The molecule has 1 aliphatic heterocycles. The minimum atomic E-state index is -4.66. The first-order valence-corrected chi connectivity index (χ1v) is 13.4. The number of pyridine rings is 2. The number of rotatable bonds is 8. The predicted octanol–water partition coefficient (Wildman–Crippen LogP) is 4.58. The lowest BCUT2D eigenvalue weighted by atomic mass is 10.0. The zero-order valence-corrected chi connectivity index (χ0v) is 22.4. The Kier molecular flexibility index (Phi) is 8.30. The summed E-state index contributed by atoms with van der Waals surface area (Å²) in [5.74, 6) is -0.556. The third-order valence-corrected chi connectivity index (χ3v) is 6.97. The van der Waals surface area contributed by atoms with Crippen molar-refractivity contribution in [3.8, 4) is 39.0 Å². The highest BCUT2D eigenvalue weighted by atomic mass is 32.1. The Morgan fingerprint density at radius 3 is 2.66 bits per heavy atom. The fourth-order valence-electron chi connectivity index (χ4n) is 4.14. The van der Waals surface area contributed by atoms with Crippen LogP contribution in [0.4, 0.5) is 23.8 Å². The maximum Gasteiger partial charge on any atom is 0.434 e. The van der Waals surface area contributed by atoms with E-state index in [0.717, 1.165) is 29.6 Å². The van der Waals surface area contributed by atoms with E-state index in [-0.39, 0.29) is 46.2 Å². The first kappa shape index (κ1) is 28.2. The SMILES string of the molecule is CCNC(=O)Nc1cc(-c2nc(C(F)(F)F)cs2)c(-c2cncc(-c3n[nH]c(=O)o3)c2)c(OCC2CCOCC2)n1. The summed E-state index contributed by atoms with van der Waals surface area (Å²) < 4.78 is 57.2. The van der Waals surface area contributed by atoms with Crippen molar-refractivity contribution in [3.63, 3.8) is 0 Å². The topological polar surface area (TPSA) is 157 Å². The Hall–Kier alpha value is -4.31. The van der Waals surface area contributed by atoms with E-state index in [4.69, 9.17) is 13.9 Å². The van der Waals surface area contributed by atoms with Gasteiger partial charge in [0.25, 0.3) is 5.89 Å². The van der Waals surface area contributed by atoms with Gasteiger partial charge >= 0.3 is 18.0 Å². The third kappa shape index (κ3) is 6.71. The molecule has 16 heteroatoms. The van der Waals surface area contributed by atoms with Crippen molar-refractivity contribution in [2.75, 3.05) is 31.7 Å². The Morgan fingerprint density at radius 2 is 1.98 bits per heavy atom. The Bertz CT molecular complexity index is 1580. The van der Waals surface area contributed by atoms with Gasteiger partial charge in [-0.3, -0.25) is 10.3 Å². The normalized spacial score (nSPS) is 14.1. The number of hydrogen-bond acceptors (Lipinski definition) is 10. The van der Waals surface area contributed by atoms with Crippen LogP contribution in [-0.2, 0) is 10.9 Å². The third-order valence-electron chi connectivity index (χ3n) is 6.10. The number of alkyl halides is 3. The van der Waals surface area contributed by atoms with Crippen LogP contribution >= 0.6 is 11.3 Å². The van der Waals surface area contributed by atoms with Gasteiger partial charge in [-0.05, 0) is 37.8 Å². The van der Waals surface area contributed by atoms with Crippen LogP contribution in [0.2, 0.25) is 0 Å². The van der Waals surface area contributed by atoms with E-state index in [1.165, 1.54) is 18.5 Å². The van der Waals surface area contributed by atoms with E-state index >= 15 is 0 Å². The highest BCUT2D eigenvalue weighted by Gasteiger charge is 2.34. The van der Waals surface area contributed by atoms with Crippen molar-refractivity contribution in [2.45, 2.75) is 25.9 Å². The average molecular weight is 592 g/mol. The van der Waals surface area contributed by atoms with Crippen molar-refractivity contribution in [3.05, 3.63) is 46.2 Å². The molecule has 0 bridgehead atoms. The molecule has 5 rings (SSSR count). The van der Waals surface area contributed by atoms with Gasteiger partial charge in [-0.1, -0.05) is 0 Å². The number of anilines is 1. The molecule has 4 aromatic rings. The quantitative estimate of drug-likeness (QED) is 0.267. The first-order chi connectivity index (χ1) is 19.7. The van der Waals surface area contributed by atoms with E-state index in [1.807, 2.05) is 0 Å². The molecule has 1 fully saturated rings. The number of amides is 2. The van der Waals surface area contributed by atoms with Gasteiger partial charge in [0.05, 0.1) is 17.7 Å². The summed E-state index contributed by atoms with van der Waals surface area (Å²) in [5.41, 5.74) is 0.145. The molecular formula is C25H24F3N7O5S. The Labute approximate surface area is 234 Å². The standard InChI is InChI=1S/C25H24F3N7O5S/c1-2-30-23(36)33-18-8-16(22-31-17(12-41-22)25(26,27)28)19(21(32-18)39-11-13-3-5-38-6-4-13)14-7-15(10-29-9-14)20-34-35-24(37)40-20/h7-10,12-13H,2-6,11H2,1H3,(H,35,37)(H2,30,32,33,36). The molecule has 0 aromatic carbocycles. The highest BCUT2D eigenvalue weighted by molar-refractivity contribution is 7.13. The molecule has 0 unspecified atom stereocenters. The molecule has 4 aromatic heterocycles. The summed E-state index contributed by atoms with van der Waals surface area (Å²) >= 11 is 0.778. The van der Waals surface area contributed by atoms with Crippen LogP contribution in [-0.4, -0.2) is 57.5 Å². The summed E-state index contributed by atoms with van der Waals surface area (Å²) in [6.45, 7) is 3.49. The monoisotopic (exact) mass is 591 g/mol. The molecule has 5 heterocycles. The number of halogens is 3. The largest absolute Gasteiger partial charge is 0.477 e. The number of aromatic amines is 1. The molecular weight excluding hydrogens is 567 g/mol. The number of H-pyrrole nitrogens is 1. The van der Waals surface area contributed by atoms with Gasteiger partial charge in [0.1, 0.15) is 10.8 Å². The van der Waals surface area contributed by atoms with E-state index in [1.54, 1.807) is 13.0 Å². The highest BCUT2D eigenvalue weighted by Crippen LogP contribution is 2.43. The van der Waals surface area contributed by atoms with Gasteiger partial charge in [-0.2, -0.15) is 18.2 Å². The van der Waals surface area contributed by atoms with Crippen molar-refractivity contribution in [1.29, 1.82) is 0 Å². The molecule has 2 amide bonds. The lowest BCUT2D eigenvalue weighted by Gasteiger charge is -2.23. The van der Waals surface area contributed by atoms with Crippen molar-refractivity contribution in [2.24, 2.45) is 5.92 Å². The zero-order valence-electron chi connectivity index (χ0n) is 21.6. The number of nitrogens with zero attached hydrogens (tertiary/aromatic N) is 4. The predicted molar refractivity (Wildman–Crippen MR) is 141 cm³/mol. The van der Waals surface area contributed by atoms with Crippen LogP contribution < -0.4 is 21.1 Å². The van der Waals surface area contributed by atoms with Crippen molar-refractivity contribution in [1.82, 2.24) is 30.5 Å². The number of aromatic nitrogens is 5. The van der Waals surface area contributed by atoms with Gasteiger partial charge in [0, 0.05) is 48.7 Å². The number of carbonyl (C=O) groups is 1. The van der Waals surface area contributed by atoms with E-state index in [0.29, 0.717) is 30.9 Å². The fourth-order valence-corrected chi connectivity index (χ4v) is 4.99. The smallest absolute Gasteiger partial charge is 0.434 e. The van der Waals surface area contributed by atoms with Crippen molar-refractivity contribution < 1.29 is 31.9 Å². The molecule has 41 heavy (non-hydrogen) atoms. The molecule has 0 saturated carbocycles. The number of nitrogens with one attached hydrogen (secondary N) is 3. The van der Waals surface area contributed by atoms with Gasteiger partial charge < -0.3 is 19.2 Å². The number of carbonyl (C=O) groups excluding carboxylic acids is 1. The Morgan fingerprint density at radius 1 is 1.20 bits per heavy atom. The molecule has 12 nitrogen and oxygen atoms in total. The molecule has 1 aliphatic rings. The van der Waals surface area contributed by atoms with Crippen LogP contribution in [0.3, 0.4) is 0 Å². The van der Waals surface area contributed by atoms with Crippen LogP contribution in [0.25, 0.3) is 33.2 Å². The minimum absolute atomic E-state index is 0.0151. The zero-order chi connectivity index (χ0) is 29.0. The summed E-state index contributed by atoms with van der Waals surface area (Å²) in [5, 5.41) is 12.1. The van der Waals surface area contributed by atoms with Gasteiger partial charge in [-0.15, -0.1) is 16.4 Å². The van der Waals surface area contributed by atoms with Crippen LogP contribution in [0.5, 0.6) is 5.88 Å². The van der Waals surface area contributed by atoms with Crippen LogP contribution in [0.1, 0.15) is 25.5 Å². The minimum Gasteiger partial charge on any atom is -0.477 e. The number of hydrogen-bond donors (Lipinski definition) is 3. The number of ether oxygens (including phenoxy) is 2. The van der Waals surface area contributed by atoms with Gasteiger partial charge in [-0.25, -0.2) is 19.7 Å². The number of thiazole rings is 1. The lowest BCUT2D eigenvalue weighted by molar-refractivity contribution is -0.140. The summed E-state index contributed by atoms with van der Waals surface area (Å²) in [4.78, 5) is 36.4. The van der Waals surface area contributed by atoms with Gasteiger partial charge in [0.15, 0.2) is 5.69 Å². The molecule has 0 aliphatic carbocycles. The molecule has 0 radical (unpaired) electrons. The maximum absolute atomic E-state index is 13.5. The molecule has 0 atom stereocenters. The fraction of sp³-hybridized carbons (Fsp3) is 0.360. The van der Waals surface area contributed by atoms with E-state index in [2.05, 4.69) is 35.8 Å². The molecule has 0 spiro atoms.